The molecule has 33 heavy (non-hydrogen) atoms. The molecule has 0 saturated carbocycles. The summed E-state index contributed by atoms with van der Waals surface area (Å²) >= 11 is 5.51. The summed E-state index contributed by atoms with van der Waals surface area (Å²) < 4.78 is 55.7. The van der Waals surface area contributed by atoms with Crippen LogP contribution in [-0.4, -0.2) is 50.7 Å². The quantitative estimate of drug-likeness (QED) is 0.267. The normalized spacial score (nSPS) is 11.9. The van der Waals surface area contributed by atoms with Gasteiger partial charge in [-0.3, -0.25) is 4.55 Å². The number of benzene rings is 3. The summed E-state index contributed by atoms with van der Waals surface area (Å²) in [5.74, 6) is -0.476. The molecule has 9 nitrogen and oxygen atoms in total. The number of hydrogen-bond acceptors (Lipinski definition) is 6. The van der Waals surface area contributed by atoms with Crippen LogP contribution in [0.4, 0.5) is 10.5 Å². The molecule has 0 bridgehead atoms. The lowest BCUT2D eigenvalue weighted by Crippen LogP contribution is -2.30. The molecule has 0 fully saturated rings. The van der Waals surface area contributed by atoms with E-state index in [1.54, 1.807) is 12.1 Å². The van der Waals surface area contributed by atoms with E-state index in [2.05, 4.69) is 10.6 Å². The molecule has 0 radical (unpaired) electrons. The van der Waals surface area contributed by atoms with Gasteiger partial charge in [0.15, 0.2) is 9.84 Å². The van der Waals surface area contributed by atoms with Gasteiger partial charge < -0.3 is 15.7 Å². The van der Waals surface area contributed by atoms with Crippen LogP contribution in [0.3, 0.4) is 0 Å². The van der Waals surface area contributed by atoms with E-state index in [0.29, 0.717) is 22.9 Å². The highest BCUT2D eigenvalue weighted by molar-refractivity contribution is 7.91. The molecular formula is C21H21ClN2O7S2. The largest absolute Gasteiger partial charge is 0.507 e. The van der Waals surface area contributed by atoms with Crippen LogP contribution in [-0.2, 0) is 26.4 Å². The Morgan fingerprint density at radius 3 is 2.27 bits per heavy atom. The van der Waals surface area contributed by atoms with Crippen molar-refractivity contribution in [2.45, 2.75) is 16.2 Å². The number of amides is 2. The number of alkyl halides is 1. The van der Waals surface area contributed by atoms with Crippen LogP contribution in [0.1, 0.15) is 5.56 Å². The van der Waals surface area contributed by atoms with Crippen LogP contribution in [0.25, 0.3) is 10.8 Å². The van der Waals surface area contributed by atoms with Gasteiger partial charge in [-0.05, 0) is 47.7 Å². The number of rotatable bonds is 8. The van der Waals surface area contributed by atoms with E-state index >= 15 is 0 Å². The summed E-state index contributed by atoms with van der Waals surface area (Å²) in [7, 11) is -7.86. The van der Waals surface area contributed by atoms with Crippen molar-refractivity contribution in [2.75, 3.05) is 23.5 Å². The lowest BCUT2D eigenvalue weighted by Gasteiger charge is -2.10. The fourth-order valence-electron chi connectivity index (χ4n) is 3.12. The molecule has 0 aliphatic rings. The predicted octanol–water partition coefficient (Wildman–Crippen LogP) is 3.17. The molecule has 3 aromatic carbocycles. The van der Waals surface area contributed by atoms with Crippen molar-refractivity contribution in [3.05, 3.63) is 60.2 Å². The highest BCUT2D eigenvalue weighted by atomic mass is 35.5. The number of fused-ring (bicyclic) bond motifs is 1. The Bertz CT molecular complexity index is 1390. The smallest absolute Gasteiger partial charge is 0.319 e. The topological polar surface area (TPSA) is 150 Å². The molecule has 0 heterocycles. The number of carbonyl (C=O) groups is 1. The van der Waals surface area contributed by atoms with Crippen LogP contribution in [0.2, 0.25) is 0 Å². The molecule has 0 aromatic heterocycles. The van der Waals surface area contributed by atoms with Crippen molar-refractivity contribution in [1.29, 1.82) is 0 Å². The zero-order valence-electron chi connectivity index (χ0n) is 17.2. The van der Waals surface area contributed by atoms with Gasteiger partial charge >= 0.3 is 6.03 Å². The van der Waals surface area contributed by atoms with Crippen LogP contribution in [0.15, 0.2) is 64.4 Å². The van der Waals surface area contributed by atoms with Crippen LogP contribution in [0.5, 0.6) is 5.75 Å². The van der Waals surface area contributed by atoms with E-state index in [1.165, 1.54) is 36.4 Å². The molecule has 176 valence electrons. The van der Waals surface area contributed by atoms with E-state index < -0.39 is 30.9 Å². The summed E-state index contributed by atoms with van der Waals surface area (Å²) in [5, 5.41) is 16.0. The number of phenolic OH excluding ortho intramolecular Hbond substituents is 1. The molecule has 12 heteroatoms. The minimum Gasteiger partial charge on any atom is -0.507 e. The van der Waals surface area contributed by atoms with Gasteiger partial charge in [0, 0.05) is 29.6 Å². The van der Waals surface area contributed by atoms with Crippen LogP contribution < -0.4 is 10.6 Å². The Hall–Kier alpha value is -2.86. The number of phenols is 1. The van der Waals surface area contributed by atoms with Crippen LogP contribution in [0, 0.1) is 0 Å². The molecule has 0 atom stereocenters. The lowest BCUT2D eigenvalue weighted by atomic mass is 10.1. The molecule has 0 saturated heterocycles. The van der Waals surface area contributed by atoms with Crippen molar-refractivity contribution in [3.63, 3.8) is 0 Å². The van der Waals surface area contributed by atoms with E-state index in [9.17, 15) is 26.7 Å². The highest BCUT2D eigenvalue weighted by Gasteiger charge is 2.15. The van der Waals surface area contributed by atoms with Gasteiger partial charge in [0.25, 0.3) is 10.1 Å². The van der Waals surface area contributed by atoms with E-state index in [4.69, 9.17) is 16.2 Å². The Labute approximate surface area is 196 Å². The van der Waals surface area contributed by atoms with Gasteiger partial charge in [-0.2, -0.15) is 8.42 Å². The second kappa shape index (κ2) is 9.96. The fourth-order valence-corrected chi connectivity index (χ4v) is 5.25. The summed E-state index contributed by atoms with van der Waals surface area (Å²) in [4.78, 5) is 11.9. The summed E-state index contributed by atoms with van der Waals surface area (Å²) in [5.41, 5.74) is 1.20. The summed E-state index contributed by atoms with van der Waals surface area (Å²) in [6.45, 7) is 0.288. The number of aromatic hydroxyl groups is 1. The second-order valence-electron chi connectivity index (χ2n) is 7.14. The molecule has 3 aromatic rings. The number of halogens is 1. The Kier molecular flexibility index (Phi) is 7.48. The van der Waals surface area contributed by atoms with Gasteiger partial charge in [-0.1, -0.05) is 18.2 Å². The molecule has 0 unspecified atom stereocenters. The maximum atomic E-state index is 12.2. The summed E-state index contributed by atoms with van der Waals surface area (Å²) in [6, 6.07) is 12.5. The van der Waals surface area contributed by atoms with Gasteiger partial charge in [0.1, 0.15) is 5.75 Å². The summed E-state index contributed by atoms with van der Waals surface area (Å²) in [6.07, 6.45) is 0.472. The third-order valence-corrected chi connectivity index (χ3v) is 7.77. The lowest BCUT2D eigenvalue weighted by molar-refractivity contribution is 0.252. The Morgan fingerprint density at radius 2 is 1.64 bits per heavy atom. The molecule has 4 N–H and O–H groups in total. The maximum Gasteiger partial charge on any atom is 0.319 e. The highest BCUT2D eigenvalue weighted by Crippen LogP contribution is 2.30. The van der Waals surface area contributed by atoms with Crippen molar-refractivity contribution in [2.24, 2.45) is 0 Å². The monoisotopic (exact) mass is 512 g/mol. The predicted molar refractivity (Wildman–Crippen MR) is 125 cm³/mol. The van der Waals surface area contributed by atoms with Crippen molar-refractivity contribution in [1.82, 2.24) is 5.32 Å². The standard InChI is InChI=1S/C21H21ClN2O7S2/c22-8-10-32(27,28)17-5-1-14(2-6-17)7-9-23-21(26)24-16-4-3-15-11-18(33(29,30)31)13-20(25)19(15)12-16/h1-6,11-13,25H,7-10H2,(H2,23,24,26)(H,29,30,31). The minimum atomic E-state index is -4.47. The van der Waals surface area contributed by atoms with Gasteiger partial charge in [0.2, 0.25) is 0 Å². The Morgan fingerprint density at radius 1 is 0.939 bits per heavy atom. The zero-order chi connectivity index (χ0) is 24.2. The second-order valence-corrected chi connectivity index (χ2v) is 11.0. The third-order valence-electron chi connectivity index (χ3n) is 4.79. The first kappa shape index (κ1) is 24.8. The van der Waals surface area contributed by atoms with E-state index in [-0.39, 0.29) is 28.8 Å². The molecule has 3 rings (SSSR count). The molecular weight excluding hydrogens is 492 g/mol. The van der Waals surface area contributed by atoms with Gasteiger partial charge in [-0.25, -0.2) is 13.2 Å². The van der Waals surface area contributed by atoms with Gasteiger partial charge in [-0.15, -0.1) is 11.6 Å². The maximum absolute atomic E-state index is 12.2. The first-order valence-corrected chi connectivity index (χ1v) is 13.3. The first-order chi connectivity index (χ1) is 15.5. The molecule has 0 aliphatic carbocycles. The number of nitrogens with one attached hydrogen (secondary N) is 2. The molecule has 0 aliphatic heterocycles. The minimum absolute atomic E-state index is 0.0194. The number of carbonyl (C=O) groups excluding carboxylic acids is 1. The number of hydrogen-bond donors (Lipinski definition) is 4. The zero-order valence-corrected chi connectivity index (χ0v) is 19.5. The first-order valence-electron chi connectivity index (χ1n) is 9.66. The van der Waals surface area contributed by atoms with Crippen molar-refractivity contribution >= 4 is 54.0 Å². The number of urea groups is 1. The average Bonchev–Trinajstić information content (AvgIpc) is 2.74. The fraction of sp³-hybridized carbons (Fsp3) is 0.190. The van der Waals surface area contributed by atoms with Crippen molar-refractivity contribution in [3.8, 4) is 5.75 Å². The Balaban J connectivity index is 1.59. The molecule has 2 amide bonds. The third kappa shape index (κ3) is 6.35. The van der Waals surface area contributed by atoms with E-state index in [0.717, 1.165) is 11.6 Å². The average molecular weight is 513 g/mol. The number of sulfone groups is 1. The number of anilines is 1. The molecule has 0 spiro atoms. The van der Waals surface area contributed by atoms with Crippen molar-refractivity contribution < 1.29 is 31.3 Å². The van der Waals surface area contributed by atoms with Crippen LogP contribution >= 0.6 is 11.6 Å². The van der Waals surface area contributed by atoms with Gasteiger partial charge in [0.05, 0.1) is 15.5 Å². The van der Waals surface area contributed by atoms with E-state index in [1.807, 2.05) is 0 Å². The SMILES string of the molecule is O=C(NCCc1ccc(S(=O)(=O)CCCl)cc1)Nc1ccc2cc(S(=O)(=O)O)cc(O)c2c1.